The average molecular weight is 221 g/mol. The predicted molar refractivity (Wildman–Crippen MR) is 57.9 cm³/mol. The number of nitrogens with zero attached hydrogens (tertiary/aromatic N) is 5. The smallest absolute Gasteiger partial charge is 0.185 e. The summed E-state index contributed by atoms with van der Waals surface area (Å²) in [6.45, 7) is 4.75. The number of hydrogen-bond acceptors (Lipinski definition) is 5. The molecule has 0 aromatic carbocycles. The molecule has 0 saturated carbocycles. The summed E-state index contributed by atoms with van der Waals surface area (Å²) in [5.74, 6) is 1.02. The van der Waals surface area contributed by atoms with Crippen LogP contribution < -0.4 is 4.90 Å². The van der Waals surface area contributed by atoms with Gasteiger partial charge in [0.05, 0.1) is 13.1 Å². The Morgan fingerprint density at radius 1 is 1.33 bits per heavy atom. The summed E-state index contributed by atoms with van der Waals surface area (Å²) in [5, 5.41) is 5.24. The van der Waals surface area contributed by atoms with Crippen molar-refractivity contribution in [2.45, 2.75) is 20.0 Å². The molecule has 0 bridgehead atoms. The highest BCUT2D eigenvalue weighted by Crippen LogP contribution is 2.24. The van der Waals surface area contributed by atoms with Crippen LogP contribution in [0.4, 0.5) is 5.13 Å². The Labute approximate surface area is 91.4 Å². The van der Waals surface area contributed by atoms with Crippen molar-refractivity contribution in [2.75, 3.05) is 11.4 Å². The zero-order valence-corrected chi connectivity index (χ0v) is 9.24. The van der Waals surface area contributed by atoms with E-state index in [9.17, 15) is 0 Å². The molecule has 0 radical (unpaired) electrons. The van der Waals surface area contributed by atoms with Crippen LogP contribution in [0, 0.1) is 6.92 Å². The minimum absolute atomic E-state index is 0.812. The molecular formula is C9H11N5S. The quantitative estimate of drug-likeness (QED) is 0.722. The van der Waals surface area contributed by atoms with E-state index in [1.165, 1.54) is 4.88 Å². The van der Waals surface area contributed by atoms with Crippen molar-refractivity contribution < 1.29 is 0 Å². The molecule has 0 spiro atoms. The van der Waals surface area contributed by atoms with Crippen LogP contribution in [-0.4, -0.2) is 26.3 Å². The molecule has 6 heteroatoms. The lowest BCUT2D eigenvalue weighted by atomic mass is 10.4. The molecule has 1 aliphatic rings. The topological polar surface area (TPSA) is 46.8 Å². The third-order valence-electron chi connectivity index (χ3n) is 2.49. The molecule has 1 aliphatic heterocycles. The Kier molecular flexibility index (Phi) is 1.95. The molecule has 2 aromatic heterocycles. The lowest BCUT2D eigenvalue weighted by molar-refractivity contribution is 0.512. The van der Waals surface area contributed by atoms with Crippen molar-refractivity contribution >= 4 is 16.5 Å². The van der Waals surface area contributed by atoms with Gasteiger partial charge in [0.2, 0.25) is 0 Å². The molecule has 5 nitrogen and oxygen atoms in total. The number of hydrogen-bond donors (Lipinski definition) is 0. The van der Waals surface area contributed by atoms with E-state index >= 15 is 0 Å². The molecule has 15 heavy (non-hydrogen) atoms. The Hall–Kier alpha value is -1.43. The largest absolute Gasteiger partial charge is 0.339 e. The maximum atomic E-state index is 4.38. The van der Waals surface area contributed by atoms with E-state index in [0.717, 1.165) is 30.6 Å². The fraction of sp³-hybridized carbons (Fsp3) is 0.444. The normalized spacial score (nSPS) is 15.4. The molecule has 0 unspecified atom stereocenters. The van der Waals surface area contributed by atoms with Gasteiger partial charge in [-0.15, -0.1) is 11.3 Å². The van der Waals surface area contributed by atoms with Gasteiger partial charge in [0.25, 0.3) is 0 Å². The predicted octanol–water partition coefficient (Wildman–Crippen LogP) is 1.06. The summed E-state index contributed by atoms with van der Waals surface area (Å²) in [7, 11) is 0. The van der Waals surface area contributed by atoms with Crippen LogP contribution in [0.2, 0.25) is 0 Å². The summed E-state index contributed by atoms with van der Waals surface area (Å²) in [6, 6.07) is 0. The SMILES string of the molecule is Cc1cnc(N2CCn3ncnc3C2)s1. The van der Waals surface area contributed by atoms with Gasteiger partial charge in [0, 0.05) is 17.6 Å². The lowest BCUT2D eigenvalue weighted by Gasteiger charge is -2.25. The van der Waals surface area contributed by atoms with E-state index < -0.39 is 0 Å². The fourth-order valence-electron chi connectivity index (χ4n) is 1.71. The van der Waals surface area contributed by atoms with Crippen molar-refractivity contribution in [3.05, 3.63) is 23.2 Å². The maximum Gasteiger partial charge on any atom is 0.185 e. The van der Waals surface area contributed by atoms with Crippen LogP contribution in [0.3, 0.4) is 0 Å². The van der Waals surface area contributed by atoms with E-state index in [1.54, 1.807) is 17.7 Å². The molecule has 3 rings (SSSR count). The zero-order valence-electron chi connectivity index (χ0n) is 8.42. The standard InChI is InChI=1S/C9H11N5S/c1-7-4-10-9(15-7)13-2-3-14-8(5-13)11-6-12-14/h4,6H,2-3,5H2,1H3. The number of fused-ring (bicyclic) bond motifs is 1. The summed E-state index contributed by atoms with van der Waals surface area (Å²) in [5.41, 5.74) is 0. The second-order valence-corrected chi connectivity index (χ2v) is 4.79. The van der Waals surface area contributed by atoms with Gasteiger partial charge >= 0.3 is 0 Å². The Balaban J connectivity index is 1.87. The second-order valence-electron chi connectivity index (χ2n) is 3.57. The minimum Gasteiger partial charge on any atom is -0.339 e. The van der Waals surface area contributed by atoms with Gasteiger partial charge < -0.3 is 4.90 Å². The lowest BCUT2D eigenvalue weighted by Crippen LogP contribution is -2.34. The third-order valence-corrected chi connectivity index (χ3v) is 3.46. The third kappa shape index (κ3) is 1.50. The van der Waals surface area contributed by atoms with Gasteiger partial charge in [-0.2, -0.15) is 5.10 Å². The van der Waals surface area contributed by atoms with Gasteiger partial charge in [0.1, 0.15) is 12.2 Å². The first kappa shape index (κ1) is 8.84. The first-order valence-electron chi connectivity index (χ1n) is 4.87. The zero-order chi connectivity index (χ0) is 10.3. The van der Waals surface area contributed by atoms with Crippen molar-refractivity contribution in [3.63, 3.8) is 0 Å². The molecular weight excluding hydrogens is 210 g/mol. The minimum atomic E-state index is 0.812. The van der Waals surface area contributed by atoms with Gasteiger partial charge in [-0.25, -0.2) is 14.6 Å². The van der Waals surface area contributed by atoms with Crippen molar-refractivity contribution in [3.8, 4) is 0 Å². The summed E-state index contributed by atoms with van der Waals surface area (Å²) in [6.07, 6.45) is 3.53. The monoisotopic (exact) mass is 221 g/mol. The molecule has 0 amide bonds. The van der Waals surface area contributed by atoms with Gasteiger partial charge in [-0.05, 0) is 6.92 Å². The second kappa shape index (κ2) is 3.30. The van der Waals surface area contributed by atoms with Crippen LogP contribution in [-0.2, 0) is 13.1 Å². The first-order valence-corrected chi connectivity index (χ1v) is 5.68. The van der Waals surface area contributed by atoms with Gasteiger partial charge in [-0.3, -0.25) is 0 Å². The van der Waals surface area contributed by atoms with Crippen LogP contribution in [0.1, 0.15) is 10.7 Å². The number of rotatable bonds is 1. The van der Waals surface area contributed by atoms with Crippen molar-refractivity contribution in [1.82, 2.24) is 19.7 Å². The summed E-state index contributed by atoms with van der Waals surface area (Å²) < 4.78 is 1.96. The molecule has 3 heterocycles. The van der Waals surface area contributed by atoms with E-state index in [-0.39, 0.29) is 0 Å². The Morgan fingerprint density at radius 2 is 2.27 bits per heavy atom. The molecule has 0 N–H and O–H groups in total. The van der Waals surface area contributed by atoms with Gasteiger partial charge in [-0.1, -0.05) is 0 Å². The van der Waals surface area contributed by atoms with E-state index in [4.69, 9.17) is 0 Å². The Morgan fingerprint density at radius 3 is 3.07 bits per heavy atom. The summed E-state index contributed by atoms with van der Waals surface area (Å²) >= 11 is 1.73. The maximum absolute atomic E-state index is 4.38. The van der Waals surface area contributed by atoms with Gasteiger partial charge in [0.15, 0.2) is 5.13 Å². The molecule has 2 aromatic rings. The molecule has 0 fully saturated rings. The summed E-state index contributed by atoms with van der Waals surface area (Å²) in [4.78, 5) is 12.1. The first-order chi connectivity index (χ1) is 7.33. The fourth-order valence-corrected chi connectivity index (χ4v) is 2.50. The molecule has 0 atom stereocenters. The van der Waals surface area contributed by atoms with E-state index in [2.05, 4.69) is 26.9 Å². The van der Waals surface area contributed by atoms with Crippen molar-refractivity contribution in [1.29, 1.82) is 0 Å². The number of aromatic nitrogens is 4. The van der Waals surface area contributed by atoms with E-state index in [0.29, 0.717) is 0 Å². The Bertz CT molecular complexity index is 474. The van der Waals surface area contributed by atoms with Crippen LogP contribution in [0.5, 0.6) is 0 Å². The molecule has 0 aliphatic carbocycles. The highest BCUT2D eigenvalue weighted by atomic mass is 32.1. The molecule has 0 saturated heterocycles. The van der Waals surface area contributed by atoms with Crippen LogP contribution >= 0.6 is 11.3 Å². The highest BCUT2D eigenvalue weighted by molar-refractivity contribution is 7.15. The average Bonchev–Trinajstić information content (AvgIpc) is 2.84. The van der Waals surface area contributed by atoms with Crippen LogP contribution in [0.25, 0.3) is 0 Å². The highest BCUT2D eigenvalue weighted by Gasteiger charge is 2.19. The number of aryl methyl sites for hydroxylation is 1. The van der Waals surface area contributed by atoms with E-state index in [1.807, 2.05) is 10.9 Å². The number of thiazole rings is 1. The number of anilines is 1. The van der Waals surface area contributed by atoms with Crippen molar-refractivity contribution in [2.24, 2.45) is 0 Å². The molecule has 78 valence electrons. The van der Waals surface area contributed by atoms with Crippen LogP contribution in [0.15, 0.2) is 12.5 Å².